The van der Waals surface area contributed by atoms with Gasteiger partial charge in [0.1, 0.15) is 0 Å². The summed E-state index contributed by atoms with van der Waals surface area (Å²) in [4.78, 5) is 38.7. The molecule has 2 aromatic carbocycles. The maximum atomic E-state index is 12.7. The van der Waals surface area contributed by atoms with Crippen LogP contribution in [0, 0.1) is 5.92 Å². The third kappa shape index (κ3) is 7.72. The Morgan fingerprint density at radius 1 is 0.844 bits per heavy atom. The van der Waals surface area contributed by atoms with E-state index < -0.39 is 0 Å². The molecule has 0 spiro atoms. The molecule has 0 aliphatic carbocycles. The van der Waals surface area contributed by atoms with Crippen LogP contribution in [0.4, 0.5) is 17.1 Å². The van der Waals surface area contributed by atoms with Crippen molar-refractivity contribution in [1.29, 1.82) is 0 Å². The number of carbonyl (C=O) groups is 3. The quantitative estimate of drug-likeness (QED) is 0.478. The molecule has 2 rings (SSSR count). The van der Waals surface area contributed by atoms with E-state index in [0.717, 1.165) is 31.6 Å². The average molecular weight is 439 g/mol. The van der Waals surface area contributed by atoms with Gasteiger partial charge in [-0.3, -0.25) is 14.4 Å². The van der Waals surface area contributed by atoms with Crippen molar-refractivity contribution in [3.8, 4) is 0 Å². The second kappa shape index (κ2) is 12.5. The summed E-state index contributed by atoms with van der Waals surface area (Å²) in [5.74, 6) is -0.369. The highest BCUT2D eigenvalue weighted by Crippen LogP contribution is 2.16. The third-order valence-electron chi connectivity index (χ3n) is 4.80. The van der Waals surface area contributed by atoms with Gasteiger partial charge in [0.2, 0.25) is 11.8 Å². The Bertz CT molecular complexity index is 904. The van der Waals surface area contributed by atoms with Gasteiger partial charge in [0.05, 0.1) is 6.54 Å². The molecule has 0 unspecified atom stereocenters. The molecule has 0 fully saturated rings. The Morgan fingerprint density at radius 2 is 1.47 bits per heavy atom. The lowest BCUT2D eigenvalue weighted by atomic mass is 10.1. The minimum absolute atomic E-state index is 0.0117. The zero-order chi connectivity index (χ0) is 23.5. The van der Waals surface area contributed by atoms with E-state index >= 15 is 0 Å². The van der Waals surface area contributed by atoms with E-state index in [4.69, 9.17) is 0 Å². The highest BCUT2D eigenvalue weighted by Gasteiger charge is 2.14. The average Bonchev–Trinajstić information content (AvgIpc) is 2.78. The van der Waals surface area contributed by atoms with Crippen LogP contribution >= 0.6 is 0 Å². The maximum Gasteiger partial charge on any atom is 0.253 e. The summed E-state index contributed by atoms with van der Waals surface area (Å²) in [6, 6.07) is 14.2. The summed E-state index contributed by atoms with van der Waals surface area (Å²) < 4.78 is 0. The molecule has 0 radical (unpaired) electrons. The smallest absolute Gasteiger partial charge is 0.253 e. The Hall–Kier alpha value is -3.35. The molecule has 0 saturated carbocycles. The molecule has 3 N–H and O–H groups in total. The number of carbonyl (C=O) groups excluding carboxylic acids is 3. The fourth-order valence-corrected chi connectivity index (χ4v) is 3.11. The van der Waals surface area contributed by atoms with Crippen LogP contribution in [0.1, 0.15) is 50.9 Å². The van der Waals surface area contributed by atoms with E-state index in [1.807, 2.05) is 30.9 Å². The van der Waals surface area contributed by atoms with Crippen LogP contribution in [-0.2, 0) is 9.59 Å². The van der Waals surface area contributed by atoms with Crippen LogP contribution < -0.4 is 16.0 Å². The maximum absolute atomic E-state index is 12.7. The lowest BCUT2D eigenvalue weighted by molar-refractivity contribution is -0.119. The highest BCUT2D eigenvalue weighted by atomic mass is 16.2. The number of rotatable bonds is 11. The molecule has 3 amide bonds. The van der Waals surface area contributed by atoms with Crippen molar-refractivity contribution in [3.63, 3.8) is 0 Å². The first-order chi connectivity index (χ1) is 15.3. The molecule has 2 aromatic rings. The molecular weight excluding hydrogens is 404 g/mol. The molecule has 0 aliphatic rings. The highest BCUT2D eigenvalue weighted by molar-refractivity contribution is 5.97. The summed E-state index contributed by atoms with van der Waals surface area (Å²) in [5.41, 5.74) is 2.65. The SMILES string of the molecule is CCCN(CCC)C(=O)c1ccc(NC(=O)CNc2cccc(NC(=O)C(C)C)c2)cc1. The van der Waals surface area contributed by atoms with Crippen molar-refractivity contribution in [1.82, 2.24) is 4.90 Å². The fourth-order valence-electron chi connectivity index (χ4n) is 3.11. The number of nitrogens with zero attached hydrogens (tertiary/aromatic N) is 1. The molecule has 7 heteroatoms. The molecule has 0 aliphatic heterocycles. The number of nitrogens with one attached hydrogen (secondary N) is 3. The summed E-state index contributed by atoms with van der Waals surface area (Å²) in [7, 11) is 0. The minimum Gasteiger partial charge on any atom is -0.376 e. The van der Waals surface area contributed by atoms with Gasteiger partial charge in [-0.2, -0.15) is 0 Å². The van der Waals surface area contributed by atoms with Crippen molar-refractivity contribution in [3.05, 3.63) is 54.1 Å². The Morgan fingerprint density at radius 3 is 2.06 bits per heavy atom. The summed E-state index contributed by atoms with van der Waals surface area (Å²) in [6.45, 7) is 9.32. The van der Waals surface area contributed by atoms with Crippen LogP contribution in [0.2, 0.25) is 0 Å². The first-order valence-corrected chi connectivity index (χ1v) is 11.2. The van der Waals surface area contributed by atoms with E-state index in [9.17, 15) is 14.4 Å². The van der Waals surface area contributed by atoms with Gasteiger partial charge in [-0.15, -0.1) is 0 Å². The van der Waals surface area contributed by atoms with E-state index in [1.54, 1.807) is 36.4 Å². The van der Waals surface area contributed by atoms with Gasteiger partial charge in [-0.05, 0) is 55.3 Å². The number of benzene rings is 2. The lowest BCUT2D eigenvalue weighted by Crippen LogP contribution is -2.32. The van der Waals surface area contributed by atoms with Crippen LogP contribution in [0.5, 0.6) is 0 Å². The van der Waals surface area contributed by atoms with Gasteiger partial charge < -0.3 is 20.9 Å². The zero-order valence-electron chi connectivity index (χ0n) is 19.4. The van der Waals surface area contributed by atoms with Crippen molar-refractivity contribution in [2.45, 2.75) is 40.5 Å². The van der Waals surface area contributed by atoms with Crippen molar-refractivity contribution in [2.75, 3.05) is 35.6 Å². The minimum atomic E-state index is -0.209. The number of anilines is 3. The van der Waals surface area contributed by atoms with Crippen LogP contribution in [0.25, 0.3) is 0 Å². The van der Waals surface area contributed by atoms with Gasteiger partial charge >= 0.3 is 0 Å². The predicted molar refractivity (Wildman–Crippen MR) is 130 cm³/mol. The van der Waals surface area contributed by atoms with Gasteiger partial charge in [0.15, 0.2) is 0 Å². The normalized spacial score (nSPS) is 10.5. The number of amides is 3. The fraction of sp³-hybridized carbons (Fsp3) is 0.400. The molecule has 0 heterocycles. The molecule has 0 bridgehead atoms. The number of hydrogen-bond donors (Lipinski definition) is 3. The van der Waals surface area contributed by atoms with Gasteiger partial charge in [0, 0.05) is 41.6 Å². The molecule has 0 atom stereocenters. The van der Waals surface area contributed by atoms with Crippen molar-refractivity contribution < 1.29 is 14.4 Å². The molecule has 32 heavy (non-hydrogen) atoms. The third-order valence-corrected chi connectivity index (χ3v) is 4.80. The Kier molecular flexibility index (Phi) is 9.73. The van der Waals surface area contributed by atoms with Crippen LogP contribution in [-0.4, -0.2) is 42.3 Å². The Labute approximate surface area is 190 Å². The van der Waals surface area contributed by atoms with Crippen molar-refractivity contribution in [2.24, 2.45) is 5.92 Å². The number of hydrogen-bond acceptors (Lipinski definition) is 4. The molecule has 7 nitrogen and oxygen atoms in total. The van der Waals surface area contributed by atoms with Gasteiger partial charge in [-0.25, -0.2) is 0 Å². The largest absolute Gasteiger partial charge is 0.376 e. The van der Waals surface area contributed by atoms with E-state index in [-0.39, 0.29) is 30.2 Å². The van der Waals surface area contributed by atoms with E-state index in [0.29, 0.717) is 16.9 Å². The monoisotopic (exact) mass is 438 g/mol. The second-order valence-corrected chi connectivity index (χ2v) is 8.00. The topological polar surface area (TPSA) is 90.5 Å². The molecule has 0 saturated heterocycles. The molecule has 172 valence electrons. The lowest BCUT2D eigenvalue weighted by Gasteiger charge is -2.21. The van der Waals surface area contributed by atoms with Crippen LogP contribution in [0.3, 0.4) is 0 Å². The summed E-state index contributed by atoms with van der Waals surface area (Å²) in [6.07, 6.45) is 1.83. The van der Waals surface area contributed by atoms with E-state index in [2.05, 4.69) is 29.8 Å². The standard InChI is InChI=1S/C25H34N4O3/c1-5-14-29(15-6-2)25(32)19-10-12-20(13-11-19)27-23(30)17-26-21-8-7-9-22(16-21)28-24(31)18(3)4/h7-13,16,18,26H,5-6,14-15,17H2,1-4H3,(H,27,30)(H,28,31). The first-order valence-electron chi connectivity index (χ1n) is 11.2. The first kappa shape index (κ1) is 24.9. The van der Waals surface area contributed by atoms with E-state index in [1.165, 1.54) is 0 Å². The predicted octanol–water partition coefficient (Wildman–Crippen LogP) is 4.59. The Balaban J connectivity index is 1.89. The zero-order valence-corrected chi connectivity index (χ0v) is 19.4. The van der Waals surface area contributed by atoms with Gasteiger partial charge in [-0.1, -0.05) is 33.8 Å². The summed E-state index contributed by atoms with van der Waals surface area (Å²) in [5, 5.41) is 8.72. The summed E-state index contributed by atoms with van der Waals surface area (Å²) >= 11 is 0. The second-order valence-electron chi connectivity index (χ2n) is 8.00. The molecule has 0 aromatic heterocycles. The van der Waals surface area contributed by atoms with Crippen LogP contribution in [0.15, 0.2) is 48.5 Å². The van der Waals surface area contributed by atoms with Crippen molar-refractivity contribution >= 4 is 34.8 Å². The molecular formula is C25H34N4O3. The van der Waals surface area contributed by atoms with Gasteiger partial charge in [0.25, 0.3) is 5.91 Å².